The Hall–Kier alpha value is -2.08. The minimum Gasteiger partial charge on any atom is -0.380 e. The highest BCUT2D eigenvalue weighted by Gasteiger charge is 2.19. The van der Waals surface area contributed by atoms with Gasteiger partial charge >= 0.3 is 5.69 Å². The maximum atomic E-state index is 11.3. The van der Waals surface area contributed by atoms with E-state index >= 15 is 0 Å². The minimum absolute atomic E-state index is 0.0530. The average molecular weight is 336 g/mol. The SMILES string of the molecule is CCNc1cccc(Nc2ccc(Br)cc2)c1[N+](=O)[O-]. The predicted octanol–water partition coefficient (Wildman–Crippen LogP) is 4.53. The molecule has 0 aliphatic carbocycles. The second kappa shape index (κ2) is 6.38. The molecule has 2 aromatic rings. The van der Waals surface area contributed by atoms with Crippen LogP contribution in [0.2, 0.25) is 0 Å². The van der Waals surface area contributed by atoms with Crippen molar-refractivity contribution < 1.29 is 4.92 Å². The first-order chi connectivity index (χ1) is 9.61. The van der Waals surface area contributed by atoms with Gasteiger partial charge in [0, 0.05) is 16.7 Å². The summed E-state index contributed by atoms with van der Waals surface area (Å²) >= 11 is 3.35. The molecule has 0 radical (unpaired) electrons. The molecule has 0 unspecified atom stereocenters. The third-order valence-corrected chi connectivity index (χ3v) is 3.24. The number of nitrogens with one attached hydrogen (secondary N) is 2. The molecule has 0 fully saturated rings. The van der Waals surface area contributed by atoms with Crippen LogP contribution in [0.1, 0.15) is 6.92 Å². The lowest BCUT2D eigenvalue weighted by Gasteiger charge is -2.11. The normalized spacial score (nSPS) is 10.1. The molecule has 0 heterocycles. The number of halogens is 1. The van der Waals surface area contributed by atoms with Gasteiger partial charge in [-0.15, -0.1) is 0 Å². The van der Waals surface area contributed by atoms with Gasteiger partial charge in [0.1, 0.15) is 11.4 Å². The number of nitro benzene ring substituents is 1. The molecule has 0 aliphatic heterocycles. The number of rotatable bonds is 5. The first kappa shape index (κ1) is 14.3. The standard InChI is InChI=1S/C14H14BrN3O2/c1-2-16-12-4-3-5-13(14(12)18(19)20)17-11-8-6-10(15)7-9-11/h3-9,16-17H,2H2,1H3. The number of benzene rings is 2. The molecule has 104 valence electrons. The van der Waals surface area contributed by atoms with Crippen molar-refractivity contribution in [1.82, 2.24) is 0 Å². The molecule has 2 rings (SSSR count). The van der Waals surface area contributed by atoms with Crippen molar-refractivity contribution in [1.29, 1.82) is 0 Å². The van der Waals surface area contributed by atoms with Crippen molar-refractivity contribution in [3.8, 4) is 0 Å². The quantitative estimate of drug-likeness (QED) is 0.622. The Bertz CT molecular complexity index is 614. The summed E-state index contributed by atoms with van der Waals surface area (Å²) in [5, 5.41) is 17.4. The highest BCUT2D eigenvalue weighted by atomic mass is 79.9. The smallest absolute Gasteiger partial charge is 0.315 e. The fraction of sp³-hybridized carbons (Fsp3) is 0.143. The van der Waals surface area contributed by atoms with Crippen LogP contribution in [0, 0.1) is 10.1 Å². The molecule has 0 saturated heterocycles. The zero-order chi connectivity index (χ0) is 14.5. The Morgan fingerprint density at radius 3 is 2.40 bits per heavy atom. The fourth-order valence-corrected chi connectivity index (χ4v) is 2.13. The lowest BCUT2D eigenvalue weighted by Crippen LogP contribution is -2.04. The van der Waals surface area contributed by atoms with Gasteiger partial charge in [-0.05, 0) is 43.3 Å². The molecule has 0 atom stereocenters. The van der Waals surface area contributed by atoms with Crippen LogP contribution in [0.4, 0.5) is 22.7 Å². The number of anilines is 3. The molecule has 20 heavy (non-hydrogen) atoms. The zero-order valence-electron chi connectivity index (χ0n) is 10.9. The molecule has 2 aromatic carbocycles. The number of para-hydroxylation sites is 1. The lowest BCUT2D eigenvalue weighted by molar-refractivity contribution is -0.383. The van der Waals surface area contributed by atoms with Crippen molar-refractivity contribution in [2.75, 3.05) is 17.2 Å². The van der Waals surface area contributed by atoms with Gasteiger partial charge in [-0.1, -0.05) is 22.0 Å². The maximum absolute atomic E-state index is 11.3. The van der Waals surface area contributed by atoms with Crippen LogP contribution >= 0.6 is 15.9 Å². The van der Waals surface area contributed by atoms with Gasteiger partial charge in [0.05, 0.1) is 4.92 Å². The Morgan fingerprint density at radius 1 is 1.15 bits per heavy atom. The van der Waals surface area contributed by atoms with Gasteiger partial charge in [0.15, 0.2) is 0 Å². The van der Waals surface area contributed by atoms with Crippen LogP contribution in [0.5, 0.6) is 0 Å². The Labute approximate surface area is 125 Å². The molecule has 0 aliphatic rings. The van der Waals surface area contributed by atoms with Crippen LogP contribution in [0.25, 0.3) is 0 Å². The van der Waals surface area contributed by atoms with E-state index in [0.717, 1.165) is 10.2 Å². The van der Waals surface area contributed by atoms with Crippen molar-refractivity contribution in [3.63, 3.8) is 0 Å². The van der Waals surface area contributed by atoms with Gasteiger partial charge in [-0.2, -0.15) is 0 Å². The summed E-state index contributed by atoms with van der Waals surface area (Å²) in [5.41, 5.74) is 1.83. The Balaban J connectivity index is 2.37. The summed E-state index contributed by atoms with van der Waals surface area (Å²) in [6.45, 7) is 2.53. The highest BCUT2D eigenvalue weighted by molar-refractivity contribution is 9.10. The number of hydrogen-bond donors (Lipinski definition) is 2. The second-order valence-electron chi connectivity index (χ2n) is 4.12. The summed E-state index contributed by atoms with van der Waals surface area (Å²) in [6, 6.07) is 12.6. The summed E-state index contributed by atoms with van der Waals surface area (Å²) in [7, 11) is 0. The van der Waals surface area contributed by atoms with Gasteiger partial charge in [-0.25, -0.2) is 0 Å². The predicted molar refractivity (Wildman–Crippen MR) is 84.7 cm³/mol. The molecule has 0 spiro atoms. The van der Waals surface area contributed by atoms with Crippen LogP contribution < -0.4 is 10.6 Å². The van der Waals surface area contributed by atoms with Crippen molar-refractivity contribution in [2.45, 2.75) is 6.92 Å². The van der Waals surface area contributed by atoms with E-state index < -0.39 is 0 Å². The van der Waals surface area contributed by atoms with Crippen molar-refractivity contribution in [3.05, 3.63) is 57.1 Å². The van der Waals surface area contributed by atoms with Crippen LogP contribution in [-0.4, -0.2) is 11.5 Å². The molecule has 0 saturated carbocycles. The van der Waals surface area contributed by atoms with Gasteiger partial charge in [0.25, 0.3) is 0 Å². The van der Waals surface area contributed by atoms with Crippen molar-refractivity contribution >= 4 is 38.7 Å². The molecular formula is C14H14BrN3O2. The number of hydrogen-bond acceptors (Lipinski definition) is 4. The summed E-state index contributed by atoms with van der Waals surface area (Å²) in [5.74, 6) is 0. The monoisotopic (exact) mass is 335 g/mol. The maximum Gasteiger partial charge on any atom is 0.315 e. The molecular weight excluding hydrogens is 322 g/mol. The molecule has 0 aromatic heterocycles. The average Bonchev–Trinajstić information content (AvgIpc) is 2.41. The summed E-state index contributed by atoms with van der Waals surface area (Å²) in [4.78, 5) is 10.9. The van der Waals surface area contributed by atoms with Crippen LogP contribution in [0.3, 0.4) is 0 Å². The zero-order valence-corrected chi connectivity index (χ0v) is 12.5. The minimum atomic E-state index is -0.376. The first-order valence-corrected chi connectivity index (χ1v) is 6.95. The van der Waals surface area contributed by atoms with Gasteiger partial charge in [0.2, 0.25) is 0 Å². The first-order valence-electron chi connectivity index (χ1n) is 6.15. The largest absolute Gasteiger partial charge is 0.380 e. The Kier molecular flexibility index (Phi) is 4.57. The van der Waals surface area contributed by atoms with Crippen molar-refractivity contribution in [2.24, 2.45) is 0 Å². The topological polar surface area (TPSA) is 67.2 Å². The highest BCUT2D eigenvalue weighted by Crippen LogP contribution is 2.34. The molecule has 2 N–H and O–H groups in total. The van der Waals surface area contributed by atoms with E-state index in [1.165, 1.54) is 0 Å². The third-order valence-electron chi connectivity index (χ3n) is 2.71. The molecule has 0 amide bonds. The lowest BCUT2D eigenvalue weighted by atomic mass is 10.2. The van der Waals surface area contributed by atoms with E-state index in [2.05, 4.69) is 26.6 Å². The van der Waals surface area contributed by atoms with E-state index in [9.17, 15) is 10.1 Å². The van der Waals surface area contributed by atoms with E-state index in [1.54, 1.807) is 18.2 Å². The Morgan fingerprint density at radius 2 is 1.80 bits per heavy atom. The third kappa shape index (κ3) is 3.27. The second-order valence-corrected chi connectivity index (χ2v) is 5.04. The van der Waals surface area contributed by atoms with E-state index in [4.69, 9.17) is 0 Å². The van der Waals surface area contributed by atoms with Gasteiger partial charge < -0.3 is 10.6 Å². The molecule has 5 nitrogen and oxygen atoms in total. The molecule has 0 bridgehead atoms. The van der Waals surface area contributed by atoms with E-state index in [0.29, 0.717) is 17.9 Å². The molecule has 6 heteroatoms. The number of nitrogens with zero attached hydrogens (tertiary/aromatic N) is 1. The van der Waals surface area contributed by atoms with E-state index in [1.807, 2.05) is 31.2 Å². The summed E-state index contributed by atoms with van der Waals surface area (Å²) < 4.78 is 0.957. The fourth-order valence-electron chi connectivity index (χ4n) is 1.86. The van der Waals surface area contributed by atoms with Crippen LogP contribution in [0.15, 0.2) is 46.9 Å². The van der Waals surface area contributed by atoms with Gasteiger partial charge in [-0.3, -0.25) is 10.1 Å². The number of nitro groups is 1. The van der Waals surface area contributed by atoms with E-state index in [-0.39, 0.29) is 10.6 Å². The summed E-state index contributed by atoms with van der Waals surface area (Å²) in [6.07, 6.45) is 0. The van der Waals surface area contributed by atoms with Crippen LogP contribution in [-0.2, 0) is 0 Å².